The number of phenolic OH excluding ortho intramolecular Hbond substituents is 1. The molecule has 6 nitrogen and oxygen atoms in total. The van der Waals surface area contributed by atoms with Gasteiger partial charge in [-0.05, 0) is 60.4 Å². The van der Waals surface area contributed by atoms with Crippen molar-refractivity contribution in [3.63, 3.8) is 0 Å². The van der Waals surface area contributed by atoms with Gasteiger partial charge in [0.25, 0.3) is 0 Å². The number of benzene rings is 2. The minimum atomic E-state index is -0.486. The molecule has 5 rings (SSSR count). The fraction of sp³-hybridized carbons (Fsp3) is 0.400. The first kappa shape index (κ1) is 23.5. The Morgan fingerprint density at radius 3 is 2.50 bits per heavy atom. The first-order valence-electron chi connectivity index (χ1n) is 11.4. The van der Waals surface area contributed by atoms with Crippen LogP contribution in [-0.2, 0) is 4.74 Å². The third kappa shape index (κ3) is 3.87. The number of piperazine rings is 1. The van der Waals surface area contributed by atoms with Crippen molar-refractivity contribution >= 4 is 50.3 Å². The van der Waals surface area contributed by atoms with E-state index in [9.17, 15) is 14.3 Å². The number of esters is 1. The Morgan fingerprint density at radius 2 is 1.88 bits per heavy atom. The highest BCUT2D eigenvalue weighted by molar-refractivity contribution is 9.10. The van der Waals surface area contributed by atoms with Gasteiger partial charge >= 0.3 is 5.97 Å². The number of anilines is 1. The maximum Gasteiger partial charge on any atom is 0.341 e. The Labute approximate surface area is 210 Å². The van der Waals surface area contributed by atoms with Crippen molar-refractivity contribution < 1.29 is 19.0 Å². The van der Waals surface area contributed by atoms with Crippen molar-refractivity contribution in [2.75, 3.05) is 45.2 Å². The average molecular weight is 548 g/mol. The molecule has 1 saturated carbocycles. The lowest BCUT2D eigenvalue weighted by Crippen LogP contribution is -2.44. The van der Waals surface area contributed by atoms with Crippen LogP contribution in [-0.4, -0.2) is 60.9 Å². The maximum atomic E-state index is 14.7. The number of methoxy groups -OCH3 is 1. The van der Waals surface area contributed by atoms with Gasteiger partial charge in [0, 0.05) is 42.5 Å². The van der Waals surface area contributed by atoms with Gasteiger partial charge in [-0.1, -0.05) is 23.9 Å². The van der Waals surface area contributed by atoms with Gasteiger partial charge in [0.2, 0.25) is 0 Å². The molecule has 0 spiro atoms. The van der Waals surface area contributed by atoms with Crippen molar-refractivity contribution in [1.82, 2.24) is 9.47 Å². The van der Waals surface area contributed by atoms with Crippen molar-refractivity contribution in [3.8, 4) is 5.75 Å². The highest BCUT2D eigenvalue weighted by atomic mass is 79.9. The van der Waals surface area contributed by atoms with Gasteiger partial charge in [0.1, 0.15) is 11.4 Å². The van der Waals surface area contributed by atoms with Gasteiger partial charge in [-0.2, -0.15) is 0 Å². The smallest absolute Gasteiger partial charge is 0.341 e. The number of halogens is 2. The molecule has 0 bridgehead atoms. The Kier molecular flexibility index (Phi) is 6.29. The molecule has 0 radical (unpaired) electrons. The third-order valence-electron chi connectivity index (χ3n) is 6.68. The van der Waals surface area contributed by atoms with Gasteiger partial charge in [-0.15, -0.1) is 0 Å². The standard InChI is InChI=1S/C25H27BrFN3O3S/c1-14-20(26)23(31)22(29-12-10-28(2)11-13-29)18-19(25(32)33-3)24(30(21(14)18)15-8-9-15)34-17-7-5-4-6-16(17)27/h4-7,15,31H,8-13H2,1-3H3. The van der Waals surface area contributed by atoms with E-state index in [0.717, 1.165) is 50.1 Å². The molecule has 3 aromatic rings. The molecule has 2 aliphatic rings. The second-order valence-electron chi connectivity index (χ2n) is 8.96. The summed E-state index contributed by atoms with van der Waals surface area (Å²) in [6.07, 6.45) is 1.97. The first-order valence-corrected chi connectivity index (χ1v) is 13.0. The highest BCUT2D eigenvalue weighted by Gasteiger charge is 2.37. The van der Waals surface area contributed by atoms with Crippen molar-refractivity contribution in [2.45, 2.75) is 35.7 Å². The molecule has 2 heterocycles. The summed E-state index contributed by atoms with van der Waals surface area (Å²) in [6, 6.07) is 6.80. The van der Waals surface area contributed by atoms with E-state index >= 15 is 0 Å². The number of carbonyl (C=O) groups is 1. The van der Waals surface area contributed by atoms with E-state index in [0.29, 0.717) is 31.0 Å². The van der Waals surface area contributed by atoms with Crippen LogP contribution in [0.1, 0.15) is 34.8 Å². The van der Waals surface area contributed by atoms with Crippen LogP contribution < -0.4 is 4.90 Å². The summed E-state index contributed by atoms with van der Waals surface area (Å²) in [4.78, 5) is 18.1. The minimum Gasteiger partial charge on any atom is -0.505 e. The van der Waals surface area contributed by atoms with Crippen LogP contribution in [0.25, 0.3) is 10.9 Å². The van der Waals surface area contributed by atoms with Crippen molar-refractivity contribution in [1.29, 1.82) is 0 Å². The number of phenols is 1. The lowest BCUT2D eigenvalue weighted by molar-refractivity contribution is 0.0598. The summed E-state index contributed by atoms with van der Waals surface area (Å²) in [5, 5.41) is 12.7. The van der Waals surface area contributed by atoms with E-state index in [1.165, 1.54) is 24.9 Å². The summed E-state index contributed by atoms with van der Waals surface area (Å²) in [5.41, 5.74) is 2.76. The van der Waals surface area contributed by atoms with Gasteiger partial charge in [0.15, 0.2) is 5.75 Å². The summed E-state index contributed by atoms with van der Waals surface area (Å²) in [6.45, 7) is 5.08. The van der Waals surface area contributed by atoms with E-state index in [4.69, 9.17) is 4.74 Å². The number of rotatable bonds is 5. The number of nitrogens with zero attached hydrogens (tertiary/aromatic N) is 3. The average Bonchev–Trinajstić information content (AvgIpc) is 3.62. The van der Waals surface area contributed by atoms with Gasteiger partial charge in [-0.3, -0.25) is 0 Å². The van der Waals surface area contributed by atoms with Crippen molar-refractivity contribution in [3.05, 3.63) is 45.7 Å². The van der Waals surface area contributed by atoms with Crippen molar-refractivity contribution in [2.24, 2.45) is 0 Å². The summed E-state index contributed by atoms with van der Waals surface area (Å²) in [5.74, 6) is -0.703. The minimum absolute atomic E-state index is 0.120. The first-order chi connectivity index (χ1) is 16.3. The number of aromatic hydroxyl groups is 1. The predicted molar refractivity (Wildman–Crippen MR) is 136 cm³/mol. The lowest BCUT2D eigenvalue weighted by atomic mass is 10.0. The summed E-state index contributed by atoms with van der Waals surface area (Å²) >= 11 is 4.86. The third-order valence-corrected chi connectivity index (χ3v) is 8.79. The SMILES string of the molecule is COC(=O)c1c(Sc2ccccc2F)n(C2CC2)c2c(C)c(Br)c(O)c(N3CCN(C)CC3)c12. The fourth-order valence-electron chi connectivity index (χ4n) is 4.71. The number of ether oxygens (including phenoxy) is 1. The van der Waals surface area contributed by atoms with Gasteiger partial charge in [-0.25, -0.2) is 9.18 Å². The second-order valence-corrected chi connectivity index (χ2v) is 10.8. The molecule has 1 saturated heterocycles. The molecule has 0 atom stereocenters. The number of aryl methyl sites for hydroxylation is 1. The van der Waals surface area contributed by atoms with Crippen LogP contribution in [0.15, 0.2) is 38.7 Å². The topological polar surface area (TPSA) is 57.9 Å². The molecule has 1 aromatic heterocycles. The van der Waals surface area contributed by atoms with E-state index < -0.39 is 5.97 Å². The molecular weight excluding hydrogens is 521 g/mol. The number of aromatic nitrogens is 1. The molecule has 34 heavy (non-hydrogen) atoms. The second kappa shape index (κ2) is 9.09. The molecule has 2 fully saturated rings. The maximum absolute atomic E-state index is 14.7. The Hall–Kier alpha value is -2.23. The van der Waals surface area contributed by atoms with E-state index in [1.807, 2.05) is 6.92 Å². The molecule has 9 heteroatoms. The number of likely N-dealkylation sites (N-methyl/N-ethyl adjacent to an activating group) is 1. The number of carbonyl (C=O) groups excluding carboxylic acids is 1. The van der Waals surface area contributed by atoms with Crippen LogP contribution in [0.2, 0.25) is 0 Å². The van der Waals surface area contributed by atoms with Crippen LogP contribution in [0.5, 0.6) is 5.75 Å². The fourth-order valence-corrected chi connectivity index (χ4v) is 6.23. The Bertz CT molecular complexity index is 1280. The van der Waals surface area contributed by atoms with E-state index in [2.05, 4.69) is 37.3 Å². The van der Waals surface area contributed by atoms with E-state index in [-0.39, 0.29) is 17.6 Å². The highest BCUT2D eigenvalue weighted by Crippen LogP contribution is 2.53. The molecule has 0 amide bonds. The molecule has 1 aliphatic heterocycles. The zero-order chi connectivity index (χ0) is 24.1. The van der Waals surface area contributed by atoms with Crippen LogP contribution >= 0.6 is 27.7 Å². The van der Waals surface area contributed by atoms with Crippen LogP contribution in [0, 0.1) is 12.7 Å². The largest absolute Gasteiger partial charge is 0.505 e. The molecule has 0 unspecified atom stereocenters. The molecule has 1 aliphatic carbocycles. The summed E-state index contributed by atoms with van der Waals surface area (Å²) < 4.78 is 22.7. The normalized spacial score (nSPS) is 16.9. The number of fused-ring (bicyclic) bond motifs is 1. The van der Waals surface area contributed by atoms with Gasteiger partial charge < -0.3 is 24.2 Å². The number of hydrogen-bond donors (Lipinski definition) is 1. The molecule has 2 aromatic carbocycles. The van der Waals surface area contributed by atoms with Crippen LogP contribution in [0.4, 0.5) is 10.1 Å². The van der Waals surface area contributed by atoms with Gasteiger partial charge in [0.05, 0.1) is 27.8 Å². The Balaban J connectivity index is 1.85. The Morgan fingerprint density at radius 1 is 1.21 bits per heavy atom. The molecule has 180 valence electrons. The molecular formula is C25H27BrFN3O3S. The lowest BCUT2D eigenvalue weighted by Gasteiger charge is -2.35. The number of hydrogen-bond acceptors (Lipinski definition) is 6. The summed E-state index contributed by atoms with van der Waals surface area (Å²) in [7, 11) is 3.44. The quantitative estimate of drug-likeness (QED) is 0.420. The zero-order valence-corrected chi connectivity index (χ0v) is 21.8. The predicted octanol–water partition coefficient (Wildman–Crippen LogP) is 5.58. The monoisotopic (exact) mass is 547 g/mol. The van der Waals surface area contributed by atoms with Crippen LogP contribution in [0.3, 0.4) is 0 Å². The van der Waals surface area contributed by atoms with E-state index in [1.54, 1.807) is 18.2 Å². The zero-order valence-electron chi connectivity index (χ0n) is 19.4. The molecule has 1 N–H and O–H groups in total.